The first-order valence-corrected chi connectivity index (χ1v) is 9.76. The van der Waals surface area contributed by atoms with Crippen molar-refractivity contribution in [1.82, 2.24) is 4.90 Å². The van der Waals surface area contributed by atoms with Crippen LogP contribution in [0.1, 0.15) is 24.8 Å². The van der Waals surface area contributed by atoms with Crippen molar-refractivity contribution in [1.29, 1.82) is 0 Å². The number of carbonyl (C=O) groups excluding carboxylic acids is 2. The summed E-state index contributed by atoms with van der Waals surface area (Å²) < 4.78 is 5.22. The number of carbonyl (C=O) groups is 2. The van der Waals surface area contributed by atoms with Gasteiger partial charge in [-0.05, 0) is 55.2 Å². The Morgan fingerprint density at radius 3 is 2.29 bits per heavy atom. The van der Waals surface area contributed by atoms with Crippen molar-refractivity contribution < 1.29 is 14.3 Å². The molecule has 0 aliphatic carbocycles. The first-order chi connectivity index (χ1) is 13.6. The molecule has 0 atom stereocenters. The van der Waals surface area contributed by atoms with E-state index in [1.807, 2.05) is 17.0 Å². The molecule has 2 aliphatic rings. The number of rotatable bonds is 4. The zero-order chi connectivity index (χ0) is 19.7. The second kappa shape index (κ2) is 7.68. The van der Waals surface area contributed by atoms with Crippen molar-refractivity contribution in [3.05, 3.63) is 64.8 Å². The maximum Gasteiger partial charge on any atom is 0.282 e. The van der Waals surface area contributed by atoms with Crippen molar-refractivity contribution in [3.63, 3.8) is 0 Å². The quantitative estimate of drug-likeness (QED) is 0.729. The van der Waals surface area contributed by atoms with Crippen LogP contribution < -0.4 is 9.64 Å². The maximum atomic E-state index is 13.4. The van der Waals surface area contributed by atoms with Crippen LogP contribution in [-0.4, -0.2) is 36.9 Å². The molecule has 1 saturated heterocycles. The third kappa shape index (κ3) is 3.27. The van der Waals surface area contributed by atoms with Crippen LogP contribution in [0.15, 0.2) is 54.2 Å². The van der Waals surface area contributed by atoms with Crippen molar-refractivity contribution >= 4 is 34.7 Å². The number of halogens is 1. The molecule has 0 radical (unpaired) electrons. The van der Waals surface area contributed by atoms with Gasteiger partial charge in [0.25, 0.3) is 11.8 Å². The molecule has 1 fully saturated rings. The average Bonchev–Trinajstić information content (AvgIpc) is 2.99. The monoisotopic (exact) mass is 396 g/mol. The summed E-state index contributed by atoms with van der Waals surface area (Å²) in [6.07, 6.45) is 3.16. The Kier molecular flexibility index (Phi) is 5.09. The van der Waals surface area contributed by atoms with Gasteiger partial charge in [0.15, 0.2) is 0 Å². The fourth-order valence-corrected chi connectivity index (χ4v) is 3.98. The summed E-state index contributed by atoms with van der Waals surface area (Å²) in [5, 5.41) is 0.482. The van der Waals surface area contributed by atoms with Crippen molar-refractivity contribution in [2.24, 2.45) is 0 Å². The summed E-state index contributed by atoms with van der Waals surface area (Å²) in [6.45, 7) is 1.55. The minimum Gasteiger partial charge on any atom is -0.497 e. The van der Waals surface area contributed by atoms with Crippen LogP contribution in [0.4, 0.5) is 5.69 Å². The van der Waals surface area contributed by atoms with Crippen LogP contribution in [0.3, 0.4) is 0 Å². The molecule has 28 heavy (non-hydrogen) atoms. The molecule has 4 rings (SSSR count). The Balaban J connectivity index is 1.81. The summed E-state index contributed by atoms with van der Waals surface area (Å²) in [5.74, 6) is 0.0883. The van der Waals surface area contributed by atoms with E-state index in [2.05, 4.69) is 0 Å². The molecule has 0 N–H and O–H groups in total. The lowest BCUT2D eigenvalue weighted by Gasteiger charge is -2.29. The van der Waals surface area contributed by atoms with Crippen LogP contribution in [0.2, 0.25) is 5.02 Å². The number of piperidine rings is 1. The number of methoxy groups -OCH3 is 1. The summed E-state index contributed by atoms with van der Waals surface area (Å²) in [7, 11) is 1.60. The minimum atomic E-state index is -0.321. The number of imide groups is 1. The largest absolute Gasteiger partial charge is 0.497 e. The van der Waals surface area contributed by atoms with Crippen LogP contribution in [0.5, 0.6) is 5.75 Å². The zero-order valence-corrected chi connectivity index (χ0v) is 16.4. The molecule has 0 unspecified atom stereocenters. The van der Waals surface area contributed by atoms with E-state index in [1.54, 1.807) is 43.5 Å². The molecule has 0 bridgehead atoms. The van der Waals surface area contributed by atoms with Crippen LogP contribution in [0.25, 0.3) is 5.57 Å². The van der Waals surface area contributed by atoms with Gasteiger partial charge in [-0.25, -0.2) is 4.90 Å². The molecule has 2 aliphatic heterocycles. The van der Waals surface area contributed by atoms with Gasteiger partial charge in [-0.15, -0.1) is 0 Å². The van der Waals surface area contributed by atoms with E-state index < -0.39 is 0 Å². The fourth-order valence-electron chi connectivity index (χ4n) is 3.80. The van der Waals surface area contributed by atoms with E-state index >= 15 is 0 Å². The van der Waals surface area contributed by atoms with Gasteiger partial charge in [0.2, 0.25) is 0 Å². The SMILES string of the molecule is COc1ccc(C2=C(N3CCCCC3)C(=O)N(c3cccc(Cl)c3)C2=O)cc1. The Bertz CT molecular complexity index is 947. The molecular weight excluding hydrogens is 376 g/mol. The van der Waals surface area contributed by atoms with E-state index in [0.717, 1.165) is 32.4 Å². The van der Waals surface area contributed by atoms with Gasteiger partial charge in [0.05, 0.1) is 18.4 Å². The van der Waals surface area contributed by atoms with Crippen molar-refractivity contribution in [2.75, 3.05) is 25.1 Å². The normalized spacial score (nSPS) is 17.5. The van der Waals surface area contributed by atoms with Gasteiger partial charge >= 0.3 is 0 Å². The summed E-state index contributed by atoms with van der Waals surface area (Å²) in [6, 6.07) is 14.1. The second-order valence-corrected chi connectivity index (χ2v) is 7.36. The molecule has 5 nitrogen and oxygen atoms in total. The molecule has 2 aromatic rings. The third-order valence-electron chi connectivity index (χ3n) is 5.18. The Morgan fingerprint density at radius 2 is 1.64 bits per heavy atom. The first kappa shape index (κ1) is 18.6. The Morgan fingerprint density at radius 1 is 0.929 bits per heavy atom. The lowest BCUT2D eigenvalue weighted by Crippen LogP contribution is -2.37. The van der Waals surface area contributed by atoms with E-state index in [-0.39, 0.29) is 11.8 Å². The van der Waals surface area contributed by atoms with E-state index in [9.17, 15) is 9.59 Å². The molecule has 144 valence electrons. The molecule has 6 heteroatoms. The smallest absolute Gasteiger partial charge is 0.282 e. The third-order valence-corrected chi connectivity index (χ3v) is 5.41. The molecule has 0 aromatic heterocycles. The zero-order valence-electron chi connectivity index (χ0n) is 15.7. The van der Waals surface area contributed by atoms with Gasteiger partial charge in [-0.1, -0.05) is 29.8 Å². The summed E-state index contributed by atoms with van der Waals surface area (Å²) in [5.41, 5.74) is 2.12. The standard InChI is InChI=1S/C22H21ClN2O3/c1-28-18-10-8-15(9-11-18)19-20(24-12-3-2-4-13-24)22(27)25(21(19)26)17-7-5-6-16(23)14-17/h5-11,14H,2-4,12-13H2,1H3. The lowest BCUT2D eigenvalue weighted by atomic mass is 10.0. The van der Waals surface area contributed by atoms with Gasteiger partial charge in [0.1, 0.15) is 11.4 Å². The van der Waals surface area contributed by atoms with E-state index in [0.29, 0.717) is 33.3 Å². The number of anilines is 1. The first-order valence-electron chi connectivity index (χ1n) is 9.38. The highest BCUT2D eigenvalue weighted by molar-refractivity contribution is 6.45. The van der Waals surface area contributed by atoms with Crippen LogP contribution in [-0.2, 0) is 9.59 Å². The van der Waals surface area contributed by atoms with Gasteiger partial charge in [0, 0.05) is 18.1 Å². The topological polar surface area (TPSA) is 49.9 Å². The maximum absolute atomic E-state index is 13.4. The van der Waals surface area contributed by atoms with Gasteiger partial charge in [-0.3, -0.25) is 9.59 Å². The highest BCUT2D eigenvalue weighted by Crippen LogP contribution is 2.36. The van der Waals surface area contributed by atoms with E-state index in [4.69, 9.17) is 16.3 Å². The number of nitrogens with zero attached hydrogens (tertiary/aromatic N) is 2. The fraction of sp³-hybridized carbons (Fsp3) is 0.273. The highest BCUT2D eigenvalue weighted by Gasteiger charge is 2.42. The average molecular weight is 397 g/mol. The lowest BCUT2D eigenvalue weighted by molar-refractivity contribution is -0.120. The number of hydrogen-bond donors (Lipinski definition) is 0. The van der Waals surface area contributed by atoms with Crippen molar-refractivity contribution in [3.8, 4) is 5.75 Å². The molecule has 2 amide bonds. The molecular formula is C22H21ClN2O3. The van der Waals surface area contributed by atoms with Crippen molar-refractivity contribution in [2.45, 2.75) is 19.3 Å². The number of likely N-dealkylation sites (tertiary alicyclic amines) is 1. The molecule has 2 aromatic carbocycles. The summed E-state index contributed by atoms with van der Waals surface area (Å²) in [4.78, 5) is 30.0. The van der Waals surface area contributed by atoms with Crippen LogP contribution >= 0.6 is 11.6 Å². The number of amides is 2. The number of ether oxygens (including phenoxy) is 1. The summed E-state index contributed by atoms with van der Waals surface area (Å²) >= 11 is 6.10. The minimum absolute atomic E-state index is 0.292. The van der Waals surface area contributed by atoms with Gasteiger partial charge < -0.3 is 9.64 Å². The highest BCUT2D eigenvalue weighted by atomic mass is 35.5. The number of hydrogen-bond acceptors (Lipinski definition) is 4. The van der Waals surface area contributed by atoms with Crippen LogP contribution in [0, 0.1) is 0 Å². The Hall–Kier alpha value is -2.79. The molecule has 2 heterocycles. The predicted octanol–water partition coefficient (Wildman–Crippen LogP) is 4.12. The molecule has 0 spiro atoms. The van der Waals surface area contributed by atoms with E-state index in [1.165, 1.54) is 4.90 Å². The van der Waals surface area contributed by atoms with Gasteiger partial charge in [-0.2, -0.15) is 0 Å². The molecule has 0 saturated carbocycles. The predicted molar refractivity (Wildman–Crippen MR) is 109 cm³/mol. The Labute approximate surface area is 169 Å². The second-order valence-electron chi connectivity index (χ2n) is 6.93. The number of benzene rings is 2.